The molecular formula is C21H21Na2O8PS. The molecule has 0 saturated heterocycles. The number of methoxy groups -OCH3 is 1. The minimum Gasteiger partial charge on any atom is -0.780 e. The molecule has 1 aliphatic heterocycles. The minimum absolute atomic E-state index is 0. The number of phosphoric acid groups is 1. The molecule has 0 N–H and O–H groups in total. The number of hydrogen-bond donors (Lipinski definition) is 0. The second-order valence-electron chi connectivity index (χ2n) is 6.49. The normalized spacial score (nSPS) is 12.6. The second-order valence-corrected chi connectivity index (χ2v) is 8.70. The van der Waals surface area contributed by atoms with Crippen molar-refractivity contribution in [3.8, 4) is 23.0 Å². The summed E-state index contributed by atoms with van der Waals surface area (Å²) in [6, 6.07) is 7.83. The summed E-state index contributed by atoms with van der Waals surface area (Å²) >= 11 is 1.61. The average molecular weight is 510 g/mol. The van der Waals surface area contributed by atoms with Crippen LogP contribution >= 0.6 is 19.6 Å². The number of carbonyl (C=O) groups is 1. The summed E-state index contributed by atoms with van der Waals surface area (Å²) in [5.74, 6) is 1.47. The Hall–Kier alpha value is -0.450. The monoisotopic (exact) mass is 510 g/mol. The van der Waals surface area contributed by atoms with E-state index >= 15 is 0 Å². The Morgan fingerprint density at radius 3 is 2.61 bits per heavy atom. The Morgan fingerprint density at radius 2 is 1.94 bits per heavy atom. The van der Waals surface area contributed by atoms with Gasteiger partial charge in [-0.05, 0) is 36.3 Å². The first-order valence-electron chi connectivity index (χ1n) is 9.49. The van der Waals surface area contributed by atoms with Gasteiger partial charge in [-0.3, -0.25) is 4.79 Å². The molecule has 0 amide bonds. The molecule has 0 aliphatic carbocycles. The number of ketones is 1. The minimum atomic E-state index is -5.26. The number of carbonyl (C=O) groups excluding carboxylic acids is 1. The Balaban J connectivity index is 0.00000272. The van der Waals surface area contributed by atoms with Gasteiger partial charge in [-0.1, -0.05) is 19.1 Å². The molecule has 3 rings (SSSR count). The second kappa shape index (κ2) is 14.2. The molecule has 33 heavy (non-hydrogen) atoms. The van der Waals surface area contributed by atoms with Gasteiger partial charge in [-0.25, -0.2) is 0 Å². The Kier molecular flexibility index (Phi) is 13.2. The molecule has 0 unspecified atom stereocenters. The van der Waals surface area contributed by atoms with Gasteiger partial charge in [0.1, 0.15) is 19.3 Å². The number of thioether (sulfide) groups is 1. The van der Waals surface area contributed by atoms with E-state index < -0.39 is 7.82 Å². The number of fused-ring (bicyclic) bond motifs is 1. The number of phosphoric ester groups is 1. The zero-order chi connectivity index (χ0) is 22.4. The van der Waals surface area contributed by atoms with Gasteiger partial charge < -0.3 is 33.1 Å². The SMILES string of the molecule is CCCOc1cc2c(cc1C(=O)/C=C/c1ccc(OC)c(OP(=O)([O-])[O-])c1)SCCO2.[Na+].[Na+]. The van der Waals surface area contributed by atoms with Crippen LogP contribution in [0.4, 0.5) is 0 Å². The number of ether oxygens (including phenoxy) is 3. The van der Waals surface area contributed by atoms with Crippen LogP contribution in [-0.2, 0) is 4.57 Å². The molecule has 0 bridgehead atoms. The number of rotatable bonds is 9. The molecule has 8 nitrogen and oxygen atoms in total. The van der Waals surface area contributed by atoms with E-state index in [4.69, 9.17) is 14.2 Å². The van der Waals surface area contributed by atoms with E-state index in [9.17, 15) is 19.1 Å². The zero-order valence-corrected chi connectivity index (χ0v) is 24.7. The molecule has 2 aromatic carbocycles. The first-order valence-corrected chi connectivity index (χ1v) is 11.9. The van der Waals surface area contributed by atoms with E-state index in [1.54, 1.807) is 30.0 Å². The molecule has 1 heterocycles. The first kappa shape index (κ1) is 30.6. The molecule has 0 radical (unpaired) electrons. The summed E-state index contributed by atoms with van der Waals surface area (Å²) in [5, 5.41) is 0. The van der Waals surface area contributed by atoms with Crippen LogP contribution in [0.2, 0.25) is 0 Å². The van der Waals surface area contributed by atoms with E-state index in [1.807, 2.05) is 6.92 Å². The van der Waals surface area contributed by atoms with Crippen molar-refractivity contribution in [1.82, 2.24) is 0 Å². The van der Waals surface area contributed by atoms with E-state index in [0.717, 1.165) is 17.1 Å². The van der Waals surface area contributed by atoms with Gasteiger partial charge in [0.25, 0.3) is 0 Å². The van der Waals surface area contributed by atoms with Crippen LogP contribution in [0.5, 0.6) is 23.0 Å². The molecule has 2 aromatic rings. The maximum absolute atomic E-state index is 12.9. The molecule has 166 valence electrons. The van der Waals surface area contributed by atoms with Crippen molar-refractivity contribution >= 4 is 31.4 Å². The molecule has 0 saturated carbocycles. The maximum Gasteiger partial charge on any atom is 1.00 e. The average Bonchev–Trinajstić information content (AvgIpc) is 2.74. The fourth-order valence-electron chi connectivity index (χ4n) is 2.84. The van der Waals surface area contributed by atoms with Gasteiger partial charge in [0.05, 0.1) is 30.8 Å². The van der Waals surface area contributed by atoms with E-state index in [2.05, 4.69) is 4.52 Å². The van der Waals surface area contributed by atoms with Crippen molar-refractivity contribution in [1.29, 1.82) is 0 Å². The summed E-state index contributed by atoms with van der Waals surface area (Å²) in [6.07, 6.45) is 3.62. The number of allylic oxidation sites excluding steroid dienone is 1. The van der Waals surface area contributed by atoms with Crippen LogP contribution in [0.3, 0.4) is 0 Å². The quantitative estimate of drug-likeness (QED) is 0.151. The Labute approximate surface area is 241 Å². The summed E-state index contributed by atoms with van der Waals surface area (Å²) in [5.41, 5.74) is 0.847. The van der Waals surface area contributed by atoms with Crippen LogP contribution < -0.4 is 87.6 Å². The summed E-state index contributed by atoms with van der Waals surface area (Å²) in [6.45, 7) is 3.03. The van der Waals surface area contributed by atoms with Crippen molar-refractivity contribution in [3.63, 3.8) is 0 Å². The predicted molar refractivity (Wildman–Crippen MR) is 113 cm³/mol. The van der Waals surface area contributed by atoms with Gasteiger partial charge in [0.2, 0.25) is 0 Å². The molecule has 0 spiro atoms. The van der Waals surface area contributed by atoms with Crippen molar-refractivity contribution < 1.29 is 97.0 Å². The topological polar surface area (TPSA) is 117 Å². The molecule has 0 atom stereocenters. The van der Waals surface area contributed by atoms with Crippen LogP contribution in [-0.4, -0.2) is 31.9 Å². The smallest absolute Gasteiger partial charge is 0.780 e. The van der Waals surface area contributed by atoms with Crippen molar-refractivity contribution in [2.24, 2.45) is 0 Å². The van der Waals surface area contributed by atoms with Crippen LogP contribution in [0, 0.1) is 0 Å². The van der Waals surface area contributed by atoms with Gasteiger partial charge >= 0.3 is 59.1 Å². The molecule has 0 fully saturated rings. The fraction of sp³-hybridized carbons (Fsp3) is 0.286. The fourth-order valence-corrected chi connectivity index (χ4v) is 4.08. The Bertz CT molecular complexity index is 1040. The standard InChI is InChI=1S/C21H23O8PS.2Na/c1-3-8-27-18-13-20-21(31-10-9-28-20)12-15(18)16(22)6-4-14-5-7-17(26-2)19(11-14)29-30(23,24)25;;/h4-7,11-13H,3,8-10H2,1-2H3,(H2,23,24,25);;/q;2*+1/p-2/b6-4+;;. The van der Waals surface area contributed by atoms with E-state index in [-0.39, 0.29) is 76.4 Å². The third kappa shape index (κ3) is 8.93. The Morgan fingerprint density at radius 1 is 1.18 bits per heavy atom. The summed E-state index contributed by atoms with van der Waals surface area (Å²) in [4.78, 5) is 35.7. The van der Waals surface area contributed by atoms with Crippen LogP contribution in [0.1, 0.15) is 29.3 Å². The number of hydrogen-bond acceptors (Lipinski definition) is 9. The summed E-state index contributed by atoms with van der Waals surface area (Å²) < 4.78 is 31.8. The van der Waals surface area contributed by atoms with Gasteiger partial charge in [0, 0.05) is 11.8 Å². The third-order valence-electron chi connectivity index (χ3n) is 4.20. The van der Waals surface area contributed by atoms with Crippen molar-refractivity contribution in [3.05, 3.63) is 47.5 Å². The zero-order valence-electron chi connectivity index (χ0n) is 19.0. The number of benzene rings is 2. The van der Waals surface area contributed by atoms with Crippen molar-refractivity contribution in [2.75, 3.05) is 26.1 Å². The third-order valence-corrected chi connectivity index (χ3v) is 5.62. The van der Waals surface area contributed by atoms with Crippen LogP contribution in [0.15, 0.2) is 41.3 Å². The predicted octanol–water partition coefficient (Wildman–Crippen LogP) is -2.92. The van der Waals surface area contributed by atoms with Gasteiger partial charge in [-0.15, -0.1) is 11.8 Å². The van der Waals surface area contributed by atoms with Gasteiger partial charge in [0.15, 0.2) is 17.3 Å². The van der Waals surface area contributed by atoms with E-state index in [0.29, 0.717) is 35.8 Å². The largest absolute Gasteiger partial charge is 1.00 e. The molecule has 0 aromatic heterocycles. The maximum atomic E-state index is 12.9. The molecular weight excluding hydrogens is 489 g/mol. The van der Waals surface area contributed by atoms with Crippen molar-refractivity contribution in [2.45, 2.75) is 18.2 Å². The van der Waals surface area contributed by atoms with Gasteiger partial charge in [-0.2, -0.15) is 0 Å². The molecule has 12 heteroatoms. The van der Waals surface area contributed by atoms with E-state index in [1.165, 1.54) is 31.4 Å². The van der Waals surface area contributed by atoms with Crippen LogP contribution in [0.25, 0.3) is 6.08 Å². The summed E-state index contributed by atoms with van der Waals surface area (Å²) in [7, 11) is -3.95. The first-order chi connectivity index (χ1) is 14.8. The molecule has 1 aliphatic rings.